The Morgan fingerprint density at radius 1 is 0.316 bits per heavy atom. The smallest absolute Gasteiger partial charge is 0.306 e. The van der Waals surface area contributed by atoms with Crippen molar-refractivity contribution in [1.82, 2.24) is 0 Å². The molecule has 0 aliphatic rings. The Morgan fingerprint density at radius 3 is 0.868 bits per heavy atom. The number of rotatable bonds is 56. The quantitative estimate of drug-likeness (QED) is 0.0373. The van der Waals surface area contributed by atoms with Crippen LogP contribution in [0.1, 0.15) is 271 Å². The molecule has 0 saturated carbocycles. The molecule has 5 heteroatoms. The maximum Gasteiger partial charge on any atom is 0.306 e. The maximum atomic E-state index is 12.3. The number of hydrogen-bond donors (Lipinski definition) is 1. The lowest BCUT2D eigenvalue weighted by atomic mass is 10.0. The standard InChI is InChI=1S/C71H116O5/c1-3-5-7-9-11-13-15-17-19-21-23-25-27-28-29-30-31-32-33-34-35-36-37-38-39-40-41-42-44-46-48-50-52-54-56-58-60-62-64-66-71(74)76-69(67-72)68-75-70(73)65-63-61-59-57-55-53-51-49-47-45-43-26-24-22-20-18-16-14-12-10-8-6-4-2/h5,7,11,13,17,19,22-25,28-29,31-32,34-35,37-38,40-41,44,46,50,52,69,72H,3-4,6,8-10,12,14-16,18,20-21,26-27,30,33,36,39,42-43,45,47-49,51,53-68H2,1-2H3/b7-5-,13-11-,19-17-,24-22-,25-23-,29-28-,32-31-,35-34-,38-37-,41-40-,46-44-,52-50-. The van der Waals surface area contributed by atoms with E-state index in [9.17, 15) is 14.7 Å². The number of aliphatic hydroxyl groups is 1. The molecule has 0 bridgehead atoms. The lowest BCUT2D eigenvalue weighted by molar-refractivity contribution is -0.161. The van der Waals surface area contributed by atoms with Crippen LogP contribution in [0.15, 0.2) is 146 Å². The lowest BCUT2D eigenvalue weighted by Crippen LogP contribution is -2.28. The van der Waals surface area contributed by atoms with Gasteiger partial charge in [-0.2, -0.15) is 0 Å². The van der Waals surface area contributed by atoms with Gasteiger partial charge < -0.3 is 14.6 Å². The largest absolute Gasteiger partial charge is 0.462 e. The fourth-order valence-corrected chi connectivity index (χ4v) is 8.44. The molecule has 0 fully saturated rings. The molecular weight excluding hydrogens is 933 g/mol. The van der Waals surface area contributed by atoms with Gasteiger partial charge in [-0.3, -0.25) is 9.59 Å². The van der Waals surface area contributed by atoms with Gasteiger partial charge in [0.25, 0.3) is 0 Å². The molecule has 0 radical (unpaired) electrons. The first kappa shape index (κ1) is 71.8. The molecule has 0 rings (SSSR count). The molecule has 430 valence electrons. The van der Waals surface area contributed by atoms with Crippen LogP contribution in [0, 0.1) is 0 Å². The highest BCUT2D eigenvalue weighted by Gasteiger charge is 2.16. The Labute approximate surface area is 469 Å². The third-order valence-corrected chi connectivity index (χ3v) is 13.1. The van der Waals surface area contributed by atoms with Gasteiger partial charge in [-0.15, -0.1) is 0 Å². The molecule has 0 amide bonds. The second-order valence-electron chi connectivity index (χ2n) is 20.4. The molecule has 0 aromatic rings. The van der Waals surface area contributed by atoms with Crippen LogP contribution in [-0.2, 0) is 19.1 Å². The van der Waals surface area contributed by atoms with Crippen molar-refractivity contribution in [2.45, 2.75) is 277 Å². The summed E-state index contributed by atoms with van der Waals surface area (Å²) in [5.41, 5.74) is 0. The SMILES string of the molecule is CC/C=C\C/C=C\C/C=C\C/C=C\C/C=C\C/C=C\C/C=C\C/C=C\C/C=C\C/C=C\C/C=C\CCCCCCCC(=O)OC(CO)COC(=O)CCCCCCCCCCCCC/C=C\CCCCCCCCCC. The maximum absolute atomic E-state index is 12.3. The summed E-state index contributed by atoms with van der Waals surface area (Å²) in [5.74, 6) is -0.617. The normalized spacial score (nSPS) is 13.2. The summed E-state index contributed by atoms with van der Waals surface area (Å²) in [6, 6.07) is 0. The fraction of sp³-hybridized carbons (Fsp3) is 0.634. The minimum absolute atomic E-state index is 0.0813. The van der Waals surface area contributed by atoms with Crippen molar-refractivity contribution in [2.24, 2.45) is 0 Å². The third-order valence-electron chi connectivity index (χ3n) is 13.1. The van der Waals surface area contributed by atoms with Crippen LogP contribution < -0.4 is 0 Å². The van der Waals surface area contributed by atoms with E-state index in [-0.39, 0.29) is 25.2 Å². The molecule has 0 aliphatic heterocycles. The molecule has 5 nitrogen and oxygen atoms in total. The molecule has 0 aromatic carbocycles. The van der Waals surface area contributed by atoms with Crippen LogP contribution in [0.2, 0.25) is 0 Å². The van der Waals surface area contributed by atoms with Crippen molar-refractivity contribution < 1.29 is 24.2 Å². The second-order valence-corrected chi connectivity index (χ2v) is 20.4. The van der Waals surface area contributed by atoms with Gasteiger partial charge in [0, 0.05) is 12.8 Å². The van der Waals surface area contributed by atoms with Crippen LogP contribution in [0.5, 0.6) is 0 Å². The average Bonchev–Trinajstić information content (AvgIpc) is 3.42. The zero-order valence-electron chi connectivity index (χ0n) is 49.2. The first-order chi connectivity index (χ1) is 37.6. The van der Waals surface area contributed by atoms with Crippen molar-refractivity contribution in [3.8, 4) is 0 Å². The van der Waals surface area contributed by atoms with E-state index in [1.54, 1.807) is 0 Å². The summed E-state index contributed by atoms with van der Waals surface area (Å²) >= 11 is 0. The number of aliphatic hydroxyl groups excluding tert-OH is 1. The number of unbranched alkanes of at least 4 members (excludes halogenated alkanes) is 24. The van der Waals surface area contributed by atoms with E-state index in [0.717, 1.165) is 128 Å². The van der Waals surface area contributed by atoms with Crippen molar-refractivity contribution in [1.29, 1.82) is 0 Å². The molecule has 1 unspecified atom stereocenters. The van der Waals surface area contributed by atoms with E-state index in [1.165, 1.54) is 116 Å². The Balaban J connectivity index is 3.62. The topological polar surface area (TPSA) is 72.8 Å². The van der Waals surface area contributed by atoms with E-state index in [1.807, 2.05) is 0 Å². The van der Waals surface area contributed by atoms with Gasteiger partial charge in [0.2, 0.25) is 0 Å². The zero-order chi connectivity index (χ0) is 54.8. The first-order valence-electron chi connectivity index (χ1n) is 31.4. The number of carbonyl (C=O) groups excluding carboxylic acids is 2. The minimum atomic E-state index is -0.794. The van der Waals surface area contributed by atoms with Gasteiger partial charge in [-0.05, 0) is 122 Å². The van der Waals surface area contributed by atoms with Crippen LogP contribution >= 0.6 is 0 Å². The molecule has 0 aliphatic carbocycles. The van der Waals surface area contributed by atoms with Crippen LogP contribution in [-0.4, -0.2) is 36.4 Å². The Hall–Kier alpha value is -4.22. The fourth-order valence-electron chi connectivity index (χ4n) is 8.44. The highest BCUT2D eigenvalue weighted by atomic mass is 16.6. The highest BCUT2D eigenvalue weighted by molar-refractivity contribution is 5.70. The molecule has 0 saturated heterocycles. The number of hydrogen-bond acceptors (Lipinski definition) is 5. The summed E-state index contributed by atoms with van der Waals surface area (Å²) in [6.45, 7) is 4.02. The molecule has 0 spiro atoms. The molecular formula is C71H116O5. The highest BCUT2D eigenvalue weighted by Crippen LogP contribution is 2.15. The predicted octanol–water partition coefficient (Wildman–Crippen LogP) is 21.8. The zero-order valence-corrected chi connectivity index (χ0v) is 49.2. The van der Waals surface area contributed by atoms with Crippen LogP contribution in [0.25, 0.3) is 0 Å². The first-order valence-corrected chi connectivity index (χ1v) is 31.4. The Morgan fingerprint density at radius 2 is 0.566 bits per heavy atom. The number of allylic oxidation sites excluding steroid dienone is 24. The second kappa shape index (κ2) is 65.1. The van der Waals surface area contributed by atoms with E-state index in [2.05, 4.69) is 160 Å². The molecule has 0 aromatic heterocycles. The monoisotopic (exact) mass is 1050 g/mol. The summed E-state index contributed by atoms with van der Waals surface area (Å²) in [6.07, 6.45) is 98.3. The third kappa shape index (κ3) is 62.3. The van der Waals surface area contributed by atoms with E-state index in [4.69, 9.17) is 9.47 Å². The van der Waals surface area contributed by atoms with E-state index in [0.29, 0.717) is 12.8 Å². The van der Waals surface area contributed by atoms with Crippen LogP contribution in [0.4, 0.5) is 0 Å². The van der Waals surface area contributed by atoms with Crippen molar-refractivity contribution in [3.05, 3.63) is 146 Å². The average molecular weight is 1050 g/mol. The molecule has 1 atom stereocenters. The van der Waals surface area contributed by atoms with Gasteiger partial charge in [0.05, 0.1) is 6.61 Å². The van der Waals surface area contributed by atoms with Crippen LogP contribution in [0.3, 0.4) is 0 Å². The predicted molar refractivity (Wildman–Crippen MR) is 334 cm³/mol. The van der Waals surface area contributed by atoms with Crippen molar-refractivity contribution in [2.75, 3.05) is 13.2 Å². The minimum Gasteiger partial charge on any atom is -0.462 e. The molecule has 76 heavy (non-hydrogen) atoms. The summed E-state index contributed by atoms with van der Waals surface area (Å²) in [4.78, 5) is 24.6. The number of esters is 2. The summed E-state index contributed by atoms with van der Waals surface area (Å²) < 4.78 is 10.7. The molecule has 1 N–H and O–H groups in total. The Kier molecular flexibility index (Phi) is 61.5. The number of ether oxygens (including phenoxy) is 2. The summed E-state index contributed by atoms with van der Waals surface area (Å²) in [7, 11) is 0. The van der Waals surface area contributed by atoms with Gasteiger partial charge in [0.15, 0.2) is 6.10 Å². The van der Waals surface area contributed by atoms with E-state index < -0.39 is 6.10 Å². The van der Waals surface area contributed by atoms with Gasteiger partial charge in [-0.25, -0.2) is 0 Å². The van der Waals surface area contributed by atoms with Crippen molar-refractivity contribution >= 4 is 11.9 Å². The van der Waals surface area contributed by atoms with E-state index >= 15 is 0 Å². The lowest BCUT2D eigenvalue weighted by Gasteiger charge is -2.15. The van der Waals surface area contributed by atoms with Gasteiger partial charge >= 0.3 is 11.9 Å². The van der Waals surface area contributed by atoms with Gasteiger partial charge in [-0.1, -0.05) is 282 Å². The molecule has 0 heterocycles. The number of carbonyl (C=O) groups is 2. The summed E-state index contributed by atoms with van der Waals surface area (Å²) in [5, 5.41) is 9.67. The van der Waals surface area contributed by atoms with Crippen molar-refractivity contribution in [3.63, 3.8) is 0 Å². The van der Waals surface area contributed by atoms with Gasteiger partial charge in [0.1, 0.15) is 6.61 Å². The Bertz CT molecular complexity index is 1610.